The van der Waals surface area contributed by atoms with Gasteiger partial charge < -0.3 is 4.74 Å². The first-order chi connectivity index (χ1) is 9.45. The molecule has 1 aromatic heterocycles. The highest BCUT2D eigenvalue weighted by molar-refractivity contribution is 14.1. The van der Waals surface area contributed by atoms with E-state index in [1.807, 2.05) is 18.2 Å². The van der Waals surface area contributed by atoms with Crippen LogP contribution in [0.2, 0.25) is 5.02 Å². The van der Waals surface area contributed by atoms with Gasteiger partial charge in [-0.05, 0) is 46.7 Å². The van der Waals surface area contributed by atoms with Crippen LogP contribution in [0, 0.1) is 3.57 Å². The van der Waals surface area contributed by atoms with Crippen LogP contribution < -0.4 is 0 Å². The lowest BCUT2D eigenvalue weighted by molar-refractivity contribution is 0.0592. The zero-order valence-electron chi connectivity index (χ0n) is 11.4. The first-order valence-electron chi connectivity index (χ1n) is 6.08. The molecule has 1 aromatic carbocycles. The van der Waals surface area contributed by atoms with Gasteiger partial charge in [-0.3, -0.25) is 0 Å². The molecule has 0 unspecified atom stereocenters. The maximum Gasteiger partial charge on any atom is 0.359 e. The normalized spacial score (nSPS) is 10.9. The number of hydrogen-bond donors (Lipinski definition) is 0. The van der Waals surface area contributed by atoms with Crippen LogP contribution in [0.15, 0.2) is 24.3 Å². The number of halogens is 2. The van der Waals surface area contributed by atoms with Crippen LogP contribution in [0.4, 0.5) is 0 Å². The molecule has 1 heterocycles. The number of esters is 1. The van der Waals surface area contributed by atoms with Crippen molar-refractivity contribution >= 4 is 40.2 Å². The van der Waals surface area contributed by atoms with E-state index in [1.165, 1.54) is 7.11 Å². The van der Waals surface area contributed by atoms with Crippen molar-refractivity contribution in [3.63, 3.8) is 0 Å². The Morgan fingerprint density at radius 2 is 2.15 bits per heavy atom. The standard InChI is InChI=1S/C14H14ClIN2O2/c1-8(2)13-11(16)12(14(19)20-3)17-18(13)10-6-4-5-9(15)7-10/h4-8H,1-3H3. The second-order valence-corrected chi connectivity index (χ2v) is 6.10. The monoisotopic (exact) mass is 404 g/mol. The maximum absolute atomic E-state index is 11.8. The summed E-state index contributed by atoms with van der Waals surface area (Å²) < 4.78 is 7.34. The van der Waals surface area contributed by atoms with Crippen LogP contribution in [0.1, 0.15) is 35.9 Å². The zero-order valence-corrected chi connectivity index (χ0v) is 14.3. The van der Waals surface area contributed by atoms with E-state index in [-0.39, 0.29) is 5.92 Å². The van der Waals surface area contributed by atoms with Crippen molar-refractivity contribution in [3.05, 3.63) is 44.2 Å². The zero-order chi connectivity index (χ0) is 14.9. The highest BCUT2D eigenvalue weighted by atomic mass is 127. The Hall–Kier alpha value is -1.08. The van der Waals surface area contributed by atoms with Gasteiger partial charge in [0.2, 0.25) is 0 Å². The van der Waals surface area contributed by atoms with Crippen LogP contribution >= 0.6 is 34.2 Å². The van der Waals surface area contributed by atoms with Crippen molar-refractivity contribution in [2.24, 2.45) is 0 Å². The number of rotatable bonds is 3. The molecule has 6 heteroatoms. The lowest BCUT2D eigenvalue weighted by Gasteiger charge is -2.10. The number of ether oxygens (including phenoxy) is 1. The molecule has 0 N–H and O–H groups in total. The third-order valence-electron chi connectivity index (χ3n) is 2.84. The van der Waals surface area contributed by atoms with Gasteiger partial charge in [0, 0.05) is 5.02 Å². The molecule has 0 spiro atoms. The Labute approximate surface area is 136 Å². The Morgan fingerprint density at radius 3 is 2.70 bits per heavy atom. The van der Waals surface area contributed by atoms with Crippen LogP contribution in [0.5, 0.6) is 0 Å². The minimum absolute atomic E-state index is 0.215. The van der Waals surface area contributed by atoms with E-state index in [4.69, 9.17) is 16.3 Å². The fraction of sp³-hybridized carbons (Fsp3) is 0.286. The molecule has 0 bridgehead atoms. The number of carbonyl (C=O) groups is 1. The van der Waals surface area contributed by atoms with E-state index in [9.17, 15) is 4.79 Å². The SMILES string of the molecule is COC(=O)c1nn(-c2cccc(Cl)c2)c(C(C)C)c1I. The third kappa shape index (κ3) is 2.83. The molecule has 0 atom stereocenters. The average molecular weight is 405 g/mol. The summed E-state index contributed by atoms with van der Waals surface area (Å²) in [5.41, 5.74) is 2.12. The lowest BCUT2D eigenvalue weighted by Crippen LogP contribution is -2.05. The molecule has 106 valence electrons. The molecule has 0 aliphatic rings. The smallest absolute Gasteiger partial charge is 0.359 e. The number of carbonyl (C=O) groups excluding carboxylic acids is 1. The van der Waals surface area contributed by atoms with Gasteiger partial charge in [0.1, 0.15) is 0 Å². The summed E-state index contributed by atoms with van der Waals surface area (Å²) in [6.45, 7) is 4.11. The minimum atomic E-state index is -0.433. The van der Waals surface area contributed by atoms with Gasteiger partial charge in [-0.15, -0.1) is 0 Å². The summed E-state index contributed by atoms with van der Waals surface area (Å²) in [6, 6.07) is 7.38. The Bertz CT molecular complexity index is 653. The molecule has 0 saturated heterocycles. The van der Waals surface area contributed by atoms with Crippen molar-refractivity contribution in [2.45, 2.75) is 19.8 Å². The predicted octanol–water partition coefficient (Wildman–Crippen LogP) is 4.04. The first-order valence-corrected chi connectivity index (χ1v) is 7.54. The van der Waals surface area contributed by atoms with E-state index in [0.29, 0.717) is 10.7 Å². The summed E-state index contributed by atoms with van der Waals surface area (Å²) in [6.07, 6.45) is 0. The molecule has 2 aromatic rings. The fourth-order valence-electron chi connectivity index (χ4n) is 1.94. The average Bonchev–Trinajstić information content (AvgIpc) is 2.75. The highest BCUT2D eigenvalue weighted by Crippen LogP contribution is 2.28. The quantitative estimate of drug-likeness (QED) is 0.573. The van der Waals surface area contributed by atoms with Gasteiger partial charge in [0.05, 0.1) is 22.1 Å². The molecular formula is C14H14ClIN2O2. The molecule has 0 aliphatic heterocycles. The molecule has 20 heavy (non-hydrogen) atoms. The number of nitrogens with zero attached hydrogens (tertiary/aromatic N) is 2. The number of aromatic nitrogens is 2. The number of benzene rings is 1. The first kappa shape index (κ1) is 15.3. The van der Waals surface area contributed by atoms with Crippen LogP contribution in [-0.2, 0) is 4.74 Å². The van der Waals surface area contributed by atoms with E-state index < -0.39 is 5.97 Å². The fourth-order valence-corrected chi connectivity index (χ4v) is 3.31. The summed E-state index contributed by atoms with van der Waals surface area (Å²) in [5.74, 6) is -0.219. The predicted molar refractivity (Wildman–Crippen MR) is 86.7 cm³/mol. The maximum atomic E-state index is 11.8. The summed E-state index contributed by atoms with van der Waals surface area (Å²) in [7, 11) is 1.35. The van der Waals surface area contributed by atoms with E-state index in [0.717, 1.165) is 15.0 Å². The largest absolute Gasteiger partial charge is 0.464 e. The summed E-state index contributed by atoms with van der Waals surface area (Å²) >= 11 is 8.16. The van der Waals surface area contributed by atoms with Crippen molar-refractivity contribution in [1.82, 2.24) is 9.78 Å². The molecular weight excluding hydrogens is 391 g/mol. The van der Waals surface area contributed by atoms with Gasteiger partial charge in [-0.1, -0.05) is 31.5 Å². The van der Waals surface area contributed by atoms with Crippen LogP contribution in [-0.4, -0.2) is 22.9 Å². The van der Waals surface area contributed by atoms with Gasteiger partial charge in [0.15, 0.2) is 5.69 Å². The molecule has 2 rings (SSSR count). The molecule has 0 radical (unpaired) electrons. The third-order valence-corrected chi connectivity index (χ3v) is 4.14. The molecule has 4 nitrogen and oxygen atoms in total. The van der Waals surface area contributed by atoms with Gasteiger partial charge in [0.25, 0.3) is 0 Å². The van der Waals surface area contributed by atoms with Gasteiger partial charge in [-0.2, -0.15) is 5.10 Å². The van der Waals surface area contributed by atoms with Crippen molar-refractivity contribution in [2.75, 3.05) is 7.11 Å². The minimum Gasteiger partial charge on any atom is -0.464 e. The van der Waals surface area contributed by atoms with E-state index in [1.54, 1.807) is 10.7 Å². The molecule has 0 amide bonds. The van der Waals surface area contributed by atoms with E-state index in [2.05, 4.69) is 41.5 Å². The van der Waals surface area contributed by atoms with Crippen molar-refractivity contribution in [3.8, 4) is 5.69 Å². The van der Waals surface area contributed by atoms with Crippen molar-refractivity contribution < 1.29 is 9.53 Å². The topological polar surface area (TPSA) is 44.1 Å². The second-order valence-electron chi connectivity index (χ2n) is 4.59. The Morgan fingerprint density at radius 1 is 1.45 bits per heavy atom. The van der Waals surface area contributed by atoms with Crippen LogP contribution in [0.3, 0.4) is 0 Å². The lowest BCUT2D eigenvalue weighted by atomic mass is 10.1. The number of hydrogen-bond acceptors (Lipinski definition) is 3. The summed E-state index contributed by atoms with van der Waals surface area (Å²) in [4.78, 5) is 11.8. The second kappa shape index (κ2) is 6.13. The Balaban J connectivity index is 2.66. The molecule has 0 saturated carbocycles. The summed E-state index contributed by atoms with van der Waals surface area (Å²) in [5, 5.41) is 5.02. The van der Waals surface area contributed by atoms with Crippen LogP contribution in [0.25, 0.3) is 5.69 Å². The van der Waals surface area contributed by atoms with Gasteiger partial charge >= 0.3 is 5.97 Å². The van der Waals surface area contributed by atoms with Gasteiger partial charge in [-0.25, -0.2) is 9.48 Å². The number of methoxy groups -OCH3 is 1. The molecule has 0 fully saturated rings. The van der Waals surface area contributed by atoms with E-state index >= 15 is 0 Å². The Kier molecular flexibility index (Phi) is 4.70. The highest BCUT2D eigenvalue weighted by Gasteiger charge is 2.24. The van der Waals surface area contributed by atoms with Crippen molar-refractivity contribution in [1.29, 1.82) is 0 Å². The molecule has 0 aliphatic carbocycles.